The fourth-order valence-corrected chi connectivity index (χ4v) is 3.03. The Labute approximate surface area is 163 Å². The maximum absolute atomic E-state index is 12.5. The average Bonchev–Trinajstić information content (AvgIpc) is 3.24. The minimum absolute atomic E-state index is 0.108. The molecule has 1 N–H and O–H groups in total. The largest absolute Gasteiger partial charge is 0.378 e. The molecule has 1 fully saturated rings. The lowest BCUT2D eigenvalue weighted by Crippen LogP contribution is -2.41. The number of carbonyl (C=O) groups is 1. The third-order valence-electron chi connectivity index (χ3n) is 4.53. The predicted octanol–water partition coefficient (Wildman–Crippen LogP) is 1.79. The molecule has 1 amide bonds. The van der Waals surface area contributed by atoms with Gasteiger partial charge >= 0.3 is 0 Å². The second-order valence-corrected chi connectivity index (χ2v) is 6.50. The van der Waals surface area contributed by atoms with E-state index in [1.807, 2.05) is 47.4 Å². The second kappa shape index (κ2) is 8.62. The van der Waals surface area contributed by atoms with Crippen LogP contribution in [-0.4, -0.2) is 63.4 Å². The van der Waals surface area contributed by atoms with Gasteiger partial charge in [0.25, 0.3) is 5.91 Å². The fraction of sp³-hybridized carbons (Fsp3) is 0.300. The number of nitrogens with one attached hydrogen (secondary N) is 1. The summed E-state index contributed by atoms with van der Waals surface area (Å²) in [6.45, 7) is 2.97. The van der Waals surface area contributed by atoms with Crippen molar-refractivity contribution in [1.29, 1.82) is 0 Å². The summed E-state index contributed by atoms with van der Waals surface area (Å²) in [6, 6.07) is 9.99. The summed E-state index contributed by atoms with van der Waals surface area (Å²) < 4.78 is 7.14. The molecule has 0 saturated carbocycles. The number of ether oxygens (including phenoxy) is 1. The molecule has 8 heteroatoms. The van der Waals surface area contributed by atoms with Crippen molar-refractivity contribution in [1.82, 2.24) is 24.6 Å². The predicted molar refractivity (Wildman–Crippen MR) is 105 cm³/mol. The first-order valence-corrected chi connectivity index (χ1v) is 9.31. The first-order valence-electron chi connectivity index (χ1n) is 9.31. The van der Waals surface area contributed by atoms with Crippen molar-refractivity contribution >= 4 is 11.7 Å². The third-order valence-corrected chi connectivity index (χ3v) is 4.53. The van der Waals surface area contributed by atoms with Crippen LogP contribution in [0.3, 0.4) is 0 Å². The standard InChI is InChI=1S/C20H22N6O2/c27-20(25-8-10-28-11-9-25)18-13-21-14-19(24-18)22-7-6-16-12-23-26(15-16)17-4-2-1-3-5-17/h1-5,12-15H,6-11H2,(H,22,24). The number of aromatic nitrogens is 4. The Bertz CT molecular complexity index is 921. The fourth-order valence-electron chi connectivity index (χ4n) is 3.03. The third kappa shape index (κ3) is 4.34. The monoisotopic (exact) mass is 378 g/mol. The van der Waals surface area contributed by atoms with Crippen LogP contribution in [0.2, 0.25) is 0 Å². The summed E-state index contributed by atoms with van der Waals surface area (Å²) in [5, 5.41) is 7.64. The Morgan fingerprint density at radius 3 is 2.75 bits per heavy atom. The van der Waals surface area contributed by atoms with Crippen molar-refractivity contribution < 1.29 is 9.53 Å². The van der Waals surface area contributed by atoms with Crippen molar-refractivity contribution in [2.75, 3.05) is 38.2 Å². The van der Waals surface area contributed by atoms with Crippen LogP contribution >= 0.6 is 0 Å². The zero-order valence-corrected chi connectivity index (χ0v) is 15.5. The smallest absolute Gasteiger partial charge is 0.274 e. The Morgan fingerprint density at radius 1 is 1.11 bits per heavy atom. The van der Waals surface area contributed by atoms with Crippen molar-refractivity contribution in [2.24, 2.45) is 0 Å². The number of benzene rings is 1. The summed E-state index contributed by atoms with van der Waals surface area (Å²) >= 11 is 0. The molecule has 1 aromatic carbocycles. The highest BCUT2D eigenvalue weighted by atomic mass is 16.5. The summed E-state index contributed by atoms with van der Waals surface area (Å²) in [6.07, 6.45) is 7.80. The van der Waals surface area contributed by atoms with Crippen molar-refractivity contribution in [3.05, 3.63) is 66.4 Å². The van der Waals surface area contributed by atoms with Crippen LogP contribution in [0.1, 0.15) is 16.1 Å². The normalized spacial score (nSPS) is 14.1. The van der Waals surface area contributed by atoms with E-state index in [0.29, 0.717) is 44.4 Å². The van der Waals surface area contributed by atoms with Crippen LogP contribution in [0.25, 0.3) is 5.69 Å². The summed E-state index contributed by atoms with van der Waals surface area (Å²) in [5.41, 5.74) is 2.50. The van der Waals surface area contributed by atoms with Crippen LogP contribution in [0.4, 0.5) is 5.82 Å². The number of hydrogen-bond acceptors (Lipinski definition) is 6. The van der Waals surface area contributed by atoms with Gasteiger partial charge in [-0.15, -0.1) is 0 Å². The van der Waals surface area contributed by atoms with Gasteiger partial charge in [-0.05, 0) is 24.1 Å². The molecule has 3 heterocycles. The van der Waals surface area contributed by atoms with Crippen LogP contribution in [0, 0.1) is 0 Å². The number of anilines is 1. The molecular formula is C20H22N6O2. The molecule has 0 aliphatic carbocycles. The van der Waals surface area contributed by atoms with E-state index < -0.39 is 0 Å². The first kappa shape index (κ1) is 18.1. The van der Waals surface area contributed by atoms with E-state index in [2.05, 4.69) is 20.4 Å². The molecule has 3 aromatic rings. The number of rotatable bonds is 6. The molecule has 8 nitrogen and oxygen atoms in total. The van der Waals surface area contributed by atoms with Gasteiger partial charge in [0.15, 0.2) is 0 Å². The number of hydrogen-bond donors (Lipinski definition) is 1. The van der Waals surface area contributed by atoms with E-state index in [4.69, 9.17) is 4.74 Å². The minimum Gasteiger partial charge on any atom is -0.378 e. The van der Waals surface area contributed by atoms with Crippen molar-refractivity contribution in [3.63, 3.8) is 0 Å². The molecule has 0 spiro atoms. The lowest BCUT2D eigenvalue weighted by molar-refractivity contribution is 0.0299. The molecule has 4 rings (SSSR count). The maximum Gasteiger partial charge on any atom is 0.274 e. The Kier molecular flexibility index (Phi) is 5.58. The number of amides is 1. The first-order chi connectivity index (χ1) is 13.8. The van der Waals surface area contributed by atoms with Crippen molar-refractivity contribution in [2.45, 2.75) is 6.42 Å². The van der Waals surface area contributed by atoms with Crippen molar-refractivity contribution in [3.8, 4) is 5.69 Å². The molecule has 0 radical (unpaired) electrons. The highest BCUT2D eigenvalue weighted by Gasteiger charge is 2.20. The van der Waals surface area contributed by atoms with Gasteiger partial charge in [0, 0.05) is 25.8 Å². The van der Waals surface area contributed by atoms with E-state index in [9.17, 15) is 4.79 Å². The molecule has 144 valence electrons. The lowest BCUT2D eigenvalue weighted by Gasteiger charge is -2.26. The topological polar surface area (TPSA) is 85.2 Å². The van der Waals surface area contributed by atoms with E-state index in [1.165, 1.54) is 6.20 Å². The van der Waals surface area contributed by atoms with E-state index in [0.717, 1.165) is 17.7 Å². The van der Waals surface area contributed by atoms with Crippen LogP contribution in [0.15, 0.2) is 55.1 Å². The van der Waals surface area contributed by atoms with Crippen LogP contribution in [-0.2, 0) is 11.2 Å². The summed E-state index contributed by atoms with van der Waals surface area (Å²) in [7, 11) is 0. The van der Waals surface area contributed by atoms with E-state index in [1.54, 1.807) is 11.1 Å². The highest BCUT2D eigenvalue weighted by molar-refractivity contribution is 5.92. The number of carbonyl (C=O) groups excluding carboxylic acids is 1. The summed E-state index contributed by atoms with van der Waals surface area (Å²) in [5.74, 6) is 0.484. The van der Waals surface area contributed by atoms with Gasteiger partial charge in [0.05, 0.1) is 37.5 Å². The zero-order valence-electron chi connectivity index (χ0n) is 15.5. The number of para-hydroxylation sites is 1. The van der Waals surface area contributed by atoms with E-state index in [-0.39, 0.29) is 5.91 Å². The highest BCUT2D eigenvalue weighted by Crippen LogP contribution is 2.10. The van der Waals surface area contributed by atoms with E-state index >= 15 is 0 Å². The Balaban J connectivity index is 1.33. The maximum atomic E-state index is 12.5. The number of nitrogens with zero attached hydrogens (tertiary/aromatic N) is 5. The van der Waals surface area contributed by atoms with Gasteiger partial charge in [-0.25, -0.2) is 9.67 Å². The SMILES string of the molecule is O=C(c1cncc(NCCc2cnn(-c3ccccc3)c2)n1)N1CCOCC1. The van der Waals surface area contributed by atoms with Crippen LogP contribution in [0.5, 0.6) is 0 Å². The second-order valence-electron chi connectivity index (χ2n) is 6.50. The molecule has 0 bridgehead atoms. The van der Waals surface area contributed by atoms with Gasteiger partial charge < -0.3 is 15.0 Å². The Hall–Kier alpha value is -3.26. The molecule has 1 saturated heterocycles. The van der Waals surface area contributed by atoms with Gasteiger partial charge in [-0.2, -0.15) is 5.10 Å². The summed E-state index contributed by atoms with van der Waals surface area (Å²) in [4.78, 5) is 22.8. The molecule has 2 aromatic heterocycles. The average molecular weight is 378 g/mol. The quantitative estimate of drug-likeness (QED) is 0.704. The van der Waals surface area contributed by atoms with Gasteiger partial charge in [-0.3, -0.25) is 9.78 Å². The number of morpholine rings is 1. The molecule has 0 atom stereocenters. The van der Waals surface area contributed by atoms with Gasteiger partial charge in [0.2, 0.25) is 0 Å². The Morgan fingerprint density at radius 2 is 1.93 bits per heavy atom. The van der Waals surface area contributed by atoms with Crippen LogP contribution < -0.4 is 5.32 Å². The molecular weight excluding hydrogens is 356 g/mol. The lowest BCUT2D eigenvalue weighted by atomic mass is 10.2. The molecule has 28 heavy (non-hydrogen) atoms. The molecule has 1 aliphatic heterocycles. The molecule has 0 unspecified atom stereocenters. The minimum atomic E-state index is -0.108. The van der Waals surface area contributed by atoms with Gasteiger partial charge in [-0.1, -0.05) is 18.2 Å². The molecule has 1 aliphatic rings. The zero-order chi connectivity index (χ0) is 19.2. The van der Waals surface area contributed by atoms with Gasteiger partial charge in [0.1, 0.15) is 11.5 Å².